The van der Waals surface area contributed by atoms with Crippen LogP contribution in [-0.2, 0) is 11.2 Å². The lowest BCUT2D eigenvalue weighted by atomic mass is 10.1. The molecule has 9 nitrogen and oxygen atoms in total. The summed E-state index contributed by atoms with van der Waals surface area (Å²) in [4.78, 5) is 48.8. The Morgan fingerprint density at radius 3 is 2.28 bits per heavy atom. The van der Waals surface area contributed by atoms with E-state index in [1.54, 1.807) is 0 Å². The first-order valence-corrected chi connectivity index (χ1v) is 8.74. The van der Waals surface area contributed by atoms with E-state index >= 15 is 0 Å². The van der Waals surface area contributed by atoms with Gasteiger partial charge >= 0.3 is 0 Å². The van der Waals surface area contributed by atoms with Crippen LogP contribution in [0.15, 0.2) is 73.4 Å². The Hall–Kier alpha value is -4.14. The third-order valence-corrected chi connectivity index (χ3v) is 3.94. The lowest BCUT2D eigenvalue weighted by molar-refractivity contribution is -0.123. The van der Waals surface area contributed by atoms with Crippen molar-refractivity contribution in [1.82, 2.24) is 31.1 Å². The Morgan fingerprint density at radius 1 is 0.828 bits per heavy atom. The number of amides is 3. The number of rotatable bonds is 6. The zero-order chi connectivity index (χ0) is 20.5. The number of hydrazine groups is 1. The smallest absolute Gasteiger partial charge is 0.272 e. The molecule has 3 N–H and O–H groups in total. The number of aromatic nitrogens is 3. The van der Waals surface area contributed by atoms with Crippen LogP contribution in [-0.4, -0.2) is 38.7 Å². The van der Waals surface area contributed by atoms with Gasteiger partial charge in [-0.3, -0.25) is 35.2 Å². The van der Waals surface area contributed by atoms with Gasteiger partial charge in [-0.2, -0.15) is 0 Å². The van der Waals surface area contributed by atoms with Gasteiger partial charge in [0.2, 0.25) is 0 Å². The molecule has 0 radical (unpaired) electrons. The summed E-state index contributed by atoms with van der Waals surface area (Å²) in [6, 6.07) is 11.3. The molecular formula is C20H18N6O3. The Labute approximate surface area is 166 Å². The van der Waals surface area contributed by atoms with E-state index < -0.39 is 23.8 Å². The predicted molar refractivity (Wildman–Crippen MR) is 103 cm³/mol. The first kappa shape index (κ1) is 19.6. The van der Waals surface area contributed by atoms with E-state index in [0.29, 0.717) is 5.56 Å². The van der Waals surface area contributed by atoms with E-state index in [1.807, 2.05) is 30.3 Å². The molecule has 1 atom stereocenters. The van der Waals surface area contributed by atoms with Crippen LogP contribution in [0, 0.1) is 0 Å². The van der Waals surface area contributed by atoms with Gasteiger partial charge in [0, 0.05) is 36.8 Å². The highest BCUT2D eigenvalue weighted by atomic mass is 16.2. The normalized spacial score (nSPS) is 11.2. The van der Waals surface area contributed by atoms with Crippen molar-refractivity contribution >= 4 is 17.7 Å². The van der Waals surface area contributed by atoms with Gasteiger partial charge in [0.1, 0.15) is 11.7 Å². The van der Waals surface area contributed by atoms with Crippen LogP contribution in [0.3, 0.4) is 0 Å². The Bertz CT molecular complexity index is 967. The van der Waals surface area contributed by atoms with E-state index in [4.69, 9.17) is 0 Å². The number of hydrogen-bond acceptors (Lipinski definition) is 6. The summed E-state index contributed by atoms with van der Waals surface area (Å²) < 4.78 is 0. The van der Waals surface area contributed by atoms with Gasteiger partial charge in [-0.25, -0.2) is 4.98 Å². The van der Waals surface area contributed by atoms with Gasteiger partial charge in [-0.1, -0.05) is 30.3 Å². The molecule has 0 unspecified atom stereocenters. The minimum atomic E-state index is -0.940. The zero-order valence-electron chi connectivity index (χ0n) is 15.3. The molecule has 3 aromatic rings. The fraction of sp³-hybridized carbons (Fsp3) is 0.100. The van der Waals surface area contributed by atoms with Crippen LogP contribution in [0.4, 0.5) is 0 Å². The molecule has 0 saturated heterocycles. The second-order valence-electron chi connectivity index (χ2n) is 5.99. The van der Waals surface area contributed by atoms with Crippen LogP contribution in [0.25, 0.3) is 0 Å². The highest BCUT2D eigenvalue weighted by Gasteiger charge is 2.23. The number of carbonyl (C=O) groups is 3. The van der Waals surface area contributed by atoms with Gasteiger partial charge in [0.25, 0.3) is 17.7 Å². The number of nitrogens with one attached hydrogen (secondary N) is 3. The molecule has 9 heteroatoms. The fourth-order valence-electron chi connectivity index (χ4n) is 2.49. The first-order valence-electron chi connectivity index (χ1n) is 8.74. The van der Waals surface area contributed by atoms with Crippen LogP contribution < -0.4 is 16.2 Å². The van der Waals surface area contributed by atoms with Crippen molar-refractivity contribution in [1.29, 1.82) is 0 Å². The maximum atomic E-state index is 12.7. The van der Waals surface area contributed by atoms with Gasteiger partial charge in [0.05, 0.1) is 6.20 Å². The summed E-state index contributed by atoms with van der Waals surface area (Å²) in [7, 11) is 0. The first-order chi connectivity index (χ1) is 14.1. The molecule has 3 amide bonds. The minimum absolute atomic E-state index is 0.0826. The average molecular weight is 390 g/mol. The summed E-state index contributed by atoms with van der Waals surface area (Å²) in [6.45, 7) is 0. The van der Waals surface area contributed by atoms with Gasteiger partial charge in [-0.15, -0.1) is 0 Å². The second-order valence-corrected chi connectivity index (χ2v) is 5.99. The van der Waals surface area contributed by atoms with Crippen molar-refractivity contribution in [3.63, 3.8) is 0 Å². The largest absolute Gasteiger partial charge is 0.338 e. The number of carbonyl (C=O) groups excluding carboxylic acids is 3. The third-order valence-electron chi connectivity index (χ3n) is 3.94. The SMILES string of the molecule is O=C(NNC(=O)[C@H](Cc1ccccc1)NC(=O)c1cnccn1)c1ccncc1. The molecule has 1 aromatic carbocycles. The second kappa shape index (κ2) is 9.70. The molecule has 3 rings (SSSR count). The number of nitrogens with zero attached hydrogens (tertiary/aromatic N) is 3. The van der Waals surface area contributed by atoms with E-state index in [9.17, 15) is 14.4 Å². The van der Waals surface area contributed by atoms with E-state index in [2.05, 4.69) is 31.1 Å². The standard InChI is InChI=1S/C20H18N6O3/c27-18(15-6-8-21-9-7-15)25-26-20(29)16(12-14-4-2-1-3-5-14)24-19(28)17-13-22-10-11-23-17/h1-11,13,16H,12H2,(H,24,28)(H,25,27)(H,26,29)/t16-/m0/s1. The molecule has 0 spiro atoms. The zero-order valence-corrected chi connectivity index (χ0v) is 15.3. The van der Waals surface area contributed by atoms with Crippen LogP contribution in [0.5, 0.6) is 0 Å². The number of hydrogen-bond donors (Lipinski definition) is 3. The quantitative estimate of drug-likeness (QED) is 0.531. The molecule has 0 aliphatic heterocycles. The molecule has 29 heavy (non-hydrogen) atoms. The van der Waals surface area contributed by atoms with Crippen LogP contribution in [0.1, 0.15) is 26.4 Å². The van der Waals surface area contributed by atoms with E-state index in [0.717, 1.165) is 5.56 Å². The summed E-state index contributed by atoms with van der Waals surface area (Å²) in [6.07, 6.45) is 7.30. The minimum Gasteiger partial charge on any atom is -0.338 e. The Balaban J connectivity index is 1.68. The van der Waals surface area contributed by atoms with Crippen molar-refractivity contribution in [2.45, 2.75) is 12.5 Å². The molecule has 0 aliphatic rings. The maximum absolute atomic E-state index is 12.7. The van der Waals surface area contributed by atoms with Crippen molar-refractivity contribution < 1.29 is 14.4 Å². The van der Waals surface area contributed by atoms with Gasteiger partial charge in [-0.05, 0) is 17.7 Å². The van der Waals surface area contributed by atoms with Gasteiger partial charge in [0.15, 0.2) is 0 Å². The molecule has 0 bridgehead atoms. The molecule has 2 aromatic heterocycles. The molecule has 2 heterocycles. The third kappa shape index (κ3) is 5.67. The fourth-order valence-corrected chi connectivity index (χ4v) is 2.49. The Kier molecular flexibility index (Phi) is 6.56. The molecule has 0 fully saturated rings. The van der Waals surface area contributed by atoms with Crippen LogP contribution >= 0.6 is 0 Å². The predicted octanol–water partition coefficient (Wildman–Crippen LogP) is 0.674. The summed E-state index contributed by atoms with van der Waals surface area (Å²) in [5.41, 5.74) is 5.94. The molecule has 146 valence electrons. The lowest BCUT2D eigenvalue weighted by Gasteiger charge is -2.18. The molecule has 0 aliphatic carbocycles. The molecular weight excluding hydrogens is 372 g/mol. The highest BCUT2D eigenvalue weighted by Crippen LogP contribution is 2.05. The highest BCUT2D eigenvalue weighted by molar-refractivity contribution is 5.98. The van der Waals surface area contributed by atoms with Crippen molar-refractivity contribution in [3.05, 3.63) is 90.3 Å². The maximum Gasteiger partial charge on any atom is 0.272 e. The number of benzene rings is 1. The van der Waals surface area contributed by atoms with Gasteiger partial charge < -0.3 is 5.32 Å². The number of pyridine rings is 1. The summed E-state index contributed by atoms with van der Waals surface area (Å²) in [5.74, 6) is -1.62. The summed E-state index contributed by atoms with van der Waals surface area (Å²) >= 11 is 0. The lowest BCUT2D eigenvalue weighted by Crippen LogP contribution is -2.53. The van der Waals surface area contributed by atoms with Crippen molar-refractivity contribution in [2.75, 3.05) is 0 Å². The van der Waals surface area contributed by atoms with E-state index in [-0.39, 0.29) is 12.1 Å². The molecule has 0 saturated carbocycles. The topological polar surface area (TPSA) is 126 Å². The van der Waals surface area contributed by atoms with Crippen LogP contribution in [0.2, 0.25) is 0 Å². The monoisotopic (exact) mass is 390 g/mol. The summed E-state index contributed by atoms with van der Waals surface area (Å²) in [5, 5.41) is 2.63. The van der Waals surface area contributed by atoms with Crippen molar-refractivity contribution in [2.24, 2.45) is 0 Å². The average Bonchev–Trinajstić information content (AvgIpc) is 2.78. The van der Waals surface area contributed by atoms with Crippen molar-refractivity contribution in [3.8, 4) is 0 Å². The van der Waals surface area contributed by atoms with E-state index in [1.165, 1.54) is 43.1 Å². The Morgan fingerprint density at radius 2 is 1.59 bits per heavy atom.